The van der Waals surface area contributed by atoms with Gasteiger partial charge >= 0.3 is 48.7 Å². The molecule has 0 fully saturated rings. The molecule has 0 amide bonds. The fraction of sp³-hybridized carbons (Fsp3) is 0. The van der Waals surface area contributed by atoms with E-state index in [2.05, 4.69) is 0 Å². The van der Waals surface area contributed by atoms with Crippen molar-refractivity contribution in [1.82, 2.24) is 0 Å². The summed E-state index contributed by atoms with van der Waals surface area (Å²) in [4.78, 5) is 0. The second-order valence-corrected chi connectivity index (χ2v) is 0. The van der Waals surface area contributed by atoms with Gasteiger partial charge in [0.2, 0.25) is 0 Å². The molecule has 0 heterocycles. The van der Waals surface area contributed by atoms with Crippen LogP contribution in [-0.2, 0) is 16.4 Å². The molecule has 0 aromatic rings. The van der Waals surface area contributed by atoms with Crippen LogP contribution in [0.2, 0.25) is 0 Å². The van der Waals surface area contributed by atoms with Gasteiger partial charge in [0.05, 0.1) is 0 Å². The van der Waals surface area contributed by atoms with Crippen molar-refractivity contribution in [1.29, 1.82) is 0 Å². The monoisotopic (exact) mass is 116 g/mol. The normalized spacial score (nSPS) is 0. The molecule has 0 saturated heterocycles. The average Bonchev–Trinajstić information content (AvgIpc) is 0. The van der Waals surface area contributed by atoms with E-state index in [1.54, 1.807) is 0 Å². The van der Waals surface area contributed by atoms with E-state index in [1.807, 2.05) is 0 Å². The summed E-state index contributed by atoms with van der Waals surface area (Å²) in [6.07, 6.45) is 0. The van der Waals surface area contributed by atoms with Crippen LogP contribution in [-0.4, -0.2) is 48.7 Å². The van der Waals surface area contributed by atoms with E-state index in [-0.39, 0.29) is 65.1 Å². The zero-order valence-corrected chi connectivity index (χ0v) is 5.64. The zero-order valence-electron chi connectivity index (χ0n) is 2.43. The van der Waals surface area contributed by atoms with Gasteiger partial charge in [-0.15, -0.1) is 0 Å². The predicted octanol–water partition coefficient (Wildman–Crippen LogP) is -1.12. The second-order valence-electron chi connectivity index (χ2n) is 0. The summed E-state index contributed by atoms with van der Waals surface area (Å²) in [5, 5.41) is 0. The van der Waals surface area contributed by atoms with Crippen LogP contribution in [0.5, 0.6) is 0 Å². The minimum Gasteiger partial charge on any atom is -2.00 e. The van der Waals surface area contributed by atoms with Crippen molar-refractivity contribution in [2.24, 2.45) is 0 Å². The largest absolute Gasteiger partial charge is 4.00 e. The Morgan fingerprint density at radius 1 is 0.600 bits per heavy atom. The summed E-state index contributed by atoms with van der Waals surface area (Å²) >= 11 is 0. The first-order chi connectivity index (χ1) is 0. The number of hydrogen-bond acceptors (Lipinski definition) is 0. The summed E-state index contributed by atoms with van der Waals surface area (Å²) in [7, 11) is 0. The van der Waals surface area contributed by atoms with Crippen molar-refractivity contribution in [3.63, 3.8) is 0 Å². The molecule has 0 bridgehead atoms. The Morgan fingerprint density at radius 3 is 0.600 bits per heavy atom. The topological polar surface area (TPSA) is 85.5 Å². The molecule has 0 aromatic carbocycles. The fourth-order valence-corrected chi connectivity index (χ4v) is 0. The van der Waals surface area contributed by atoms with Gasteiger partial charge in [-0.25, -0.2) is 0 Å². The van der Waals surface area contributed by atoms with Crippen LogP contribution in [0.15, 0.2) is 0 Å². The van der Waals surface area contributed by atoms with Crippen molar-refractivity contribution in [3.05, 3.63) is 0 Å². The molecular weight excluding hydrogens is 116 g/mol. The Morgan fingerprint density at radius 2 is 0.600 bits per heavy atom. The first-order valence-electron chi connectivity index (χ1n) is 0. The van der Waals surface area contributed by atoms with Gasteiger partial charge in [-0.1, -0.05) is 0 Å². The van der Waals surface area contributed by atoms with Crippen LogP contribution in [0.1, 0.15) is 0 Å². The fourth-order valence-electron chi connectivity index (χ4n) is 0. The van der Waals surface area contributed by atoms with Gasteiger partial charge in [0.25, 0.3) is 0 Å². The molecule has 0 atom stereocenters. The van der Waals surface area contributed by atoms with Crippen LogP contribution >= 0.6 is 0 Å². The Kier molecular flexibility index (Phi) is 1090. The maximum Gasteiger partial charge on any atom is 4.00 e. The summed E-state index contributed by atoms with van der Waals surface area (Å²) < 4.78 is 0. The number of hydrogen-bond donors (Lipinski definition) is 0. The van der Waals surface area contributed by atoms with Gasteiger partial charge < -0.3 is 16.4 Å². The standard InChI is InChI=1S/Ca.3O.Si/q+2;3*-2;+4. The minimum atomic E-state index is 0. The van der Waals surface area contributed by atoms with E-state index in [1.165, 1.54) is 0 Å². The minimum absolute atomic E-state index is 0. The Labute approximate surface area is 64.7 Å². The second kappa shape index (κ2) is 55.2. The van der Waals surface area contributed by atoms with Crippen molar-refractivity contribution in [2.75, 3.05) is 0 Å². The van der Waals surface area contributed by atoms with Crippen LogP contribution in [0.3, 0.4) is 0 Å². The van der Waals surface area contributed by atoms with Crippen molar-refractivity contribution < 1.29 is 16.4 Å². The van der Waals surface area contributed by atoms with E-state index >= 15 is 0 Å². The average molecular weight is 116 g/mol. The maximum absolute atomic E-state index is 0. The Bertz CT molecular complexity index is 6.85. The van der Waals surface area contributed by atoms with Crippen LogP contribution in [0.4, 0.5) is 0 Å². The Hall–Kier alpha value is 1.36. The summed E-state index contributed by atoms with van der Waals surface area (Å²) in [6.45, 7) is 0. The van der Waals surface area contributed by atoms with Crippen LogP contribution < -0.4 is 0 Å². The summed E-state index contributed by atoms with van der Waals surface area (Å²) in [6, 6.07) is 0. The smallest absolute Gasteiger partial charge is 2.00 e. The first kappa shape index (κ1) is 99.1. The molecule has 0 unspecified atom stereocenters. The van der Waals surface area contributed by atoms with Crippen molar-refractivity contribution >= 4 is 48.7 Å². The molecular formula is CaO3Si. The van der Waals surface area contributed by atoms with E-state index in [4.69, 9.17) is 0 Å². The van der Waals surface area contributed by atoms with Gasteiger partial charge in [-0.05, 0) is 0 Å². The molecule has 0 radical (unpaired) electrons. The molecule has 0 aliphatic heterocycles. The summed E-state index contributed by atoms with van der Waals surface area (Å²) in [5.41, 5.74) is 0. The van der Waals surface area contributed by atoms with Crippen molar-refractivity contribution in [3.8, 4) is 0 Å². The number of rotatable bonds is 0. The molecule has 24 valence electrons. The van der Waals surface area contributed by atoms with Crippen molar-refractivity contribution in [2.45, 2.75) is 0 Å². The van der Waals surface area contributed by atoms with Gasteiger partial charge in [0, 0.05) is 0 Å². The van der Waals surface area contributed by atoms with Gasteiger partial charge in [-0.3, -0.25) is 0 Å². The van der Waals surface area contributed by atoms with E-state index in [0.29, 0.717) is 0 Å². The SMILES string of the molecule is [Ca+2].[O-2].[O-2].[O-2].[Si+4]. The van der Waals surface area contributed by atoms with Crippen LogP contribution in [0.25, 0.3) is 0 Å². The molecule has 0 aliphatic carbocycles. The van der Waals surface area contributed by atoms with E-state index in [9.17, 15) is 0 Å². The summed E-state index contributed by atoms with van der Waals surface area (Å²) in [5.74, 6) is 0. The molecule has 3 nitrogen and oxygen atoms in total. The zero-order chi connectivity index (χ0) is 0. The molecule has 5 heavy (non-hydrogen) atoms. The van der Waals surface area contributed by atoms with Gasteiger partial charge in [0.15, 0.2) is 0 Å². The molecule has 0 rings (SSSR count). The van der Waals surface area contributed by atoms with Gasteiger partial charge in [-0.2, -0.15) is 0 Å². The first-order valence-corrected chi connectivity index (χ1v) is 0. The molecule has 0 aliphatic rings. The third-order valence-electron chi connectivity index (χ3n) is 0. The maximum atomic E-state index is 0. The quantitative estimate of drug-likeness (QED) is 0.359. The van der Waals surface area contributed by atoms with E-state index in [0.717, 1.165) is 0 Å². The molecule has 0 N–H and O–H groups in total. The van der Waals surface area contributed by atoms with E-state index < -0.39 is 0 Å². The van der Waals surface area contributed by atoms with Crippen LogP contribution in [0, 0.1) is 0 Å². The Balaban J connectivity index is 0. The molecule has 0 saturated carbocycles. The third kappa shape index (κ3) is 32.8. The molecule has 0 aromatic heterocycles. The predicted molar refractivity (Wildman–Crippen MR) is 13.6 cm³/mol. The molecule has 0 spiro atoms. The molecule has 5 heteroatoms. The van der Waals surface area contributed by atoms with Gasteiger partial charge in [0.1, 0.15) is 0 Å². The third-order valence-corrected chi connectivity index (χ3v) is 0.